The predicted octanol–water partition coefficient (Wildman–Crippen LogP) is 1.55. The minimum Gasteiger partial charge on any atom is -0.368 e. The molecule has 0 aliphatic heterocycles. The van der Waals surface area contributed by atoms with Crippen LogP contribution in [0.25, 0.3) is 11.4 Å². The van der Waals surface area contributed by atoms with E-state index in [1.165, 1.54) is 0 Å². The van der Waals surface area contributed by atoms with Gasteiger partial charge in [0.2, 0.25) is 5.95 Å². The van der Waals surface area contributed by atoms with Gasteiger partial charge in [0.25, 0.3) is 0 Å². The molecular formula is C11H14N6O2. The number of nitro groups is 1. The van der Waals surface area contributed by atoms with E-state index in [2.05, 4.69) is 15.1 Å². The average molecular weight is 262 g/mol. The van der Waals surface area contributed by atoms with Crippen LogP contribution in [0.4, 0.5) is 11.6 Å². The van der Waals surface area contributed by atoms with Crippen molar-refractivity contribution in [3.63, 3.8) is 0 Å². The largest absolute Gasteiger partial charge is 0.368 e. The van der Waals surface area contributed by atoms with E-state index in [0.29, 0.717) is 12.2 Å². The number of aryl methyl sites for hydroxylation is 2. The summed E-state index contributed by atoms with van der Waals surface area (Å²) in [6.45, 7) is 4.20. The lowest BCUT2D eigenvalue weighted by Crippen LogP contribution is -2.08. The van der Waals surface area contributed by atoms with Crippen LogP contribution in [0.1, 0.15) is 19.0 Å². The number of nitrogens with two attached hydrogens (primary N) is 1. The van der Waals surface area contributed by atoms with Gasteiger partial charge in [-0.05, 0) is 19.4 Å². The number of anilines is 1. The lowest BCUT2D eigenvalue weighted by Gasteiger charge is -2.07. The van der Waals surface area contributed by atoms with Gasteiger partial charge in [0, 0.05) is 12.7 Å². The van der Waals surface area contributed by atoms with Crippen LogP contribution >= 0.6 is 0 Å². The molecule has 0 radical (unpaired) electrons. The summed E-state index contributed by atoms with van der Waals surface area (Å²) in [5, 5.41) is 15.3. The Bertz CT molecular complexity index is 622. The van der Waals surface area contributed by atoms with Crippen LogP contribution < -0.4 is 5.73 Å². The molecule has 0 aromatic carbocycles. The summed E-state index contributed by atoms with van der Waals surface area (Å²) >= 11 is 0. The van der Waals surface area contributed by atoms with Crippen LogP contribution in [0.15, 0.2) is 12.3 Å². The van der Waals surface area contributed by atoms with Gasteiger partial charge >= 0.3 is 5.69 Å². The van der Waals surface area contributed by atoms with E-state index < -0.39 is 4.92 Å². The Kier molecular flexibility index (Phi) is 3.41. The van der Waals surface area contributed by atoms with E-state index >= 15 is 0 Å². The van der Waals surface area contributed by atoms with Crippen molar-refractivity contribution < 1.29 is 4.92 Å². The van der Waals surface area contributed by atoms with Crippen molar-refractivity contribution in [2.24, 2.45) is 0 Å². The van der Waals surface area contributed by atoms with Gasteiger partial charge in [0.1, 0.15) is 5.69 Å². The number of hydrogen-bond donors (Lipinski definition) is 1. The summed E-state index contributed by atoms with van der Waals surface area (Å²) in [6, 6.07) is 1.68. The van der Waals surface area contributed by atoms with Crippen molar-refractivity contribution >= 4 is 11.6 Å². The van der Waals surface area contributed by atoms with Gasteiger partial charge in [-0.15, -0.1) is 0 Å². The molecule has 0 atom stereocenters. The van der Waals surface area contributed by atoms with E-state index in [-0.39, 0.29) is 23.0 Å². The standard InChI is InChI=1S/C11H14N6O2/c1-3-6-16-8(4-5-13-16)9-10(17(18)19)7(2)14-11(12)15-9/h4-5H,3,6H2,1-2H3,(H2,12,14,15). The fourth-order valence-electron chi connectivity index (χ4n) is 1.91. The van der Waals surface area contributed by atoms with Gasteiger partial charge in [0.15, 0.2) is 5.69 Å². The quantitative estimate of drug-likeness (QED) is 0.660. The van der Waals surface area contributed by atoms with Crippen molar-refractivity contribution in [2.75, 3.05) is 5.73 Å². The summed E-state index contributed by atoms with van der Waals surface area (Å²) in [5.74, 6) is 0.0161. The van der Waals surface area contributed by atoms with Crippen LogP contribution in [-0.4, -0.2) is 24.7 Å². The molecule has 0 fully saturated rings. The first kappa shape index (κ1) is 12.9. The second-order valence-electron chi connectivity index (χ2n) is 4.06. The maximum atomic E-state index is 11.2. The topological polar surface area (TPSA) is 113 Å². The Morgan fingerprint density at radius 3 is 2.84 bits per heavy atom. The summed E-state index contributed by atoms with van der Waals surface area (Å²) < 4.78 is 1.67. The maximum absolute atomic E-state index is 11.2. The summed E-state index contributed by atoms with van der Waals surface area (Å²) in [7, 11) is 0. The van der Waals surface area contributed by atoms with Crippen molar-refractivity contribution in [3.8, 4) is 11.4 Å². The molecule has 0 aliphatic rings. The number of hydrogen-bond acceptors (Lipinski definition) is 6. The molecule has 2 aromatic heterocycles. The Morgan fingerprint density at radius 2 is 2.21 bits per heavy atom. The van der Waals surface area contributed by atoms with Gasteiger partial charge in [-0.25, -0.2) is 9.97 Å². The zero-order chi connectivity index (χ0) is 14.0. The van der Waals surface area contributed by atoms with Crippen molar-refractivity contribution in [1.29, 1.82) is 0 Å². The van der Waals surface area contributed by atoms with Crippen LogP contribution in [0.5, 0.6) is 0 Å². The van der Waals surface area contributed by atoms with Crippen LogP contribution in [0, 0.1) is 17.0 Å². The summed E-state index contributed by atoms with van der Waals surface area (Å²) in [5.41, 5.74) is 6.48. The number of aromatic nitrogens is 4. The third-order valence-electron chi connectivity index (χ3n) is 2.65. The maximum Gasteiger partial charge on any atom is 0.318 e. The van der Waals surface area contributed by atoms with Gasteiger partial charge in [-0.3, -0.25) is 14.8 Å². The SMILES string of the molecule is CCCn1nccc1-c1nc(N)nc(C)c1[N+](=O)[O-]. The molecular weight excluding hydrogens is 248 g/mol. The van der Waals surface area contributed by atoms with Crippen molar-refractivity contribution in [1.82, 2.24) is 19.7 Å². The molecule has 0 saturated heterocycles. The van der Waals surface area contributed by atoms with Gasteiger partial charge in [-0.2, -0.15) is 5.10 Å². The van der Waals surface area contributed by atoms with Crippen molar-refractivity contribution in [2.45, 2.75) is 26.8 Å². The minimum absolute atomic E-state index is 0.0161. The Labute approximate surface area is 109 Å². The molecule has 8 heteroatoms. The first-order valence-corrected chi connectivity index (χ1v) is 5.85. The molecule has 100 valence electrons. The van der Waals surface area contributed by atoms with Gasteiger partial charge in [0.05, 0.1) is 10.6 Å². The average Bonchev–Trinajstić information content (AvgIpc) is 2.75. The number of nitrogens with zero attached hydrogens (tertiary/aromatic N) is 5. The molecule has 0 bridgehead atoms. The second-order valence-corrected chi connectivity index (χ2v) is 4.06. The molecule has 0 spiro atoms. The minimum atomic E-state index is -0.493. The molecule has 8 nitrogen and oxygen atoms in total. The van der Waals surface area contributed by atoms with E-state index in [1.54, 1.807) is 23.9 Å². The smallest absolute Gasteiger partial charge is 0.318 e. The predicted molar refractivity (Wildman–Crippen MR) is 69.3 cm³/mol. The van der Waals surface area contributed by atoms with Crippen molar-refractivity contribution in [3.05, 3.63) is 28.1 Å². The van der Waals surface area contributed by atoms with Crippen LogP contribution in [0.3, 0.4) is 0 Å². The second kappa shape index (κ2) is 5.01. The van der Waals surface area contributed by atoms with E-state index in [9.17, 15) is 10.1 Å². The molecule has 0 unspecified atom stereocenters. The van der Waals surface area contributed by atoms with E-state index in [0.717, 1.165) is 6.42 Å². The highest BCUT2D eigenvalue weighted by Crippen LogP contribution is 2.30. The lowest BCUT2D eigenvalue weighted by molar-refractivity contribution is -0.385. The molecule has 2 N–H and O–H groups in total. The number of rotatable bonds is 4. The van der Waals surface area contributed by atoms with E-state index in [4.69, 9.17) is 5.73 Å². The Morgan fingerprint density at radius 1 is 1.47 bits per heavy atom. The zero-order valence-electron chi connectivity index (χ0n) is 10.7. The first-order chi connectivity index (χ1) is 9.04. The molecule has 2 heterocycles. The monoisotopic (exact) mass is 262 g/mol. The highest BCUT2D eigenvalue weighted by Gasteiger charge is 2.24. The number of nitrogen functional groups attached to an aromatic ring is 1. The lowest BCUT2D eigenvalue weighted by atomic mass is 10.2. The zero-order valence-corrected chi connectivity index (χ0v) is 10.7. The van der Waals surface area contributed by atoms with Gasteiger partial charge < -0.3 is 5.73 Å². The third-order valence-corrected chi connectivity index (χ3v) is 2.65. The fourth-order valence-corrected chi connectivity index (χ4v) is 1.91. The Balaban J connectivity index is 2.66. The van der Waals surface area contributed by atoms with Crippen LogP contribution in [-0.2, 0) is 6.54 Å². The molecule has 2 rings (SSSR count). The molecule has 0 aliphatic carbocycles. The normalized spacial score (nSPS) is 10.6. The highest BCUT2D eigenvalue weighted by molar-refractivity contribution is 5.69. The molecule has 0 saturated carbocycles. The highest BCUT2D eigenvalue weighted by atomic mass is 16.6. The Hall–Kier alpha value is -2.51. The third kappa shape index (κ3) is 2.37. The van der Waals surface area contributed by atoms with Crippen LogP contribution in [0.2, 0.25) is 0 Å². The molecule has 19 heavy (non-hydrogen) atoms. The molecule has 2 aromatic rings. The first-order valence-electron chi connectivity index (χ1n) is 5.85. The summed E-state index contributed by atoms with van der Waals surface area (Å²) in [6.07, 6.45) is 2.45. The van der Waals surface area contributed by atoms with E-state index in [1.807, 2.05) is 6.92 Å². The fraction of sp³-hybridized carbons (Fsp3) is 0.364. The molecule has 0 amide bonds. The van der Waals surface area contributed by atoms with Gasteiger partial charge in [-0.1, -0.05) is 6.92 Å². The summed E-state index contributed by atoms with van der Waals surface area (Å²) in [4.78, 5) is 18.5.